The van der Waals surface area contributed by atoms with E-state index in [1.807, 2.05) is 6.92 Å². The highest BCUT2D eigenvalue weighted by atomic mass is 32.2. The van der Waals surface area contributed by atoms with Crippen molar-refractivity contribution in [2.45, 2.75) is 31.2 Å². The Hall–Kier alpha value is -2.78. The molecular weight excluding hydrogens is 385 g/mol. The lowest BCUT2D eigenvalue weighted by molar-refractivity contribution is -0.117. The molecule has 3 rings (SSSR count). The van der Waals surface area contributed by atoms with Crippen LogP contribution in [0.4, 0.5) is 15.8 Å². The molecule has 0 radical (unpaired) electrons. The molecule has 2 aromatic carbocycles. The van der Waals surface area contributed by atoms with Crippen LogP contribution < -0.4 is 14.9 Å². The minimum Gasteiger partial charge on any atom is -0.325 e. The van der Waals surface area contributed by atoms with Crippen molar-refractivity contribution in [2.75, 3.05) is 16.8 Å². The Morgan fingerprint density at radius 3 is 2.64 bits per heavy atom. The van der Waals surface area contributed by atoms with Crippen molar-refractivity contribution in [1.82, 2.24) is 4.72 Å². The van der Waals surface area contributed by atoms with Crippen LogP contribution in [-0.2, 0) is 26.0 Å². The quantitative estimate of drug-likeness (QED) is 0.796. The number of halogens is 1. The third-order valence-electron chi connectivity index (χ3n) is 4.45. The maximum absolute atomic E-state index is 13.1. The van der Waals surface area contributed by atoms with E-state index in [1.54, 1.807) is 11.0 Å². The summed E-state index contributed by atoms with van der Waals surface area (Å²) >= 11 is 0. The summed E-state index contributed by atoms with van der Waals surface area (Å²) < 4.78 is 40.4. The fourth-order valence-electron chi connectivity index (χ4n) is 3.27. The van der Waals surface area contributed by atoms with Crippen LogP contribution in [0.25, 0.3) is 0 Å². The summed E-state index contributed by atoms with van der Waals surface area (Å²) in [6, 6.07) is 9.77. The smallest absolute Gasteiger partial charge is 0.241 e. The molecule has 148 valence electrons. The lowest BCUT2D eigenvalue weighted by atomic mass is 10.1. The van der Waals surface area contributed by atoms with Gasteiger partial charge in [-0.1, -0.05) is 6.07 Å². The fourth-order valence-corrected chi connectivity index (χ4v) is 4.30. The highest BCUT2D eigenvalue weighted by Gasteiger charge is 2.30. The van der Waals surface area contributed by atoms with Gasteiger partial charge < -0.3 is 10.2 Å². The Balaban J connectivity index is 1.69. The first kappa shape index (κ1) is 20.0. The summed E-state index contributed by atoms with van der Waals surface area (Å²) in [6.45, 7) is 2.87. The predicted octanol–water partition coefficient (Wildman–Crippen LogP) is 2.04. The van der Waals surface area contributed by atoms with Crippen molar-refractivity contribution in [3.63, 3.8) is 0 Å². The van der Waals surface area contributed by atoms with Crippen molar-refractivity contribution in [2.24, 2.45) is 0 Å². The Labute approximate surface area is 162 Å². The minimum atomic E-state index is -3.92. The molecule has 1 heterocycles. The molecule has 1 unspecified atom stereocenters. The zero-order valence-electron chi connectivity index (χ0n) is 15.4. The van der Waals surface area contributed by atoms with Gasteiger partial charge >= 0.3 is 0 Å². The van der Waals surface area contributed by atoms with E-state index in [0.29, 0.717) is 12.1 Å². The number of hydrogen-bond acceptors (Lipinski definition) is 4. The average molecular weight is 405 g/mol. The number of benzene rings is 2. The maximum Gasteiger partial charge on any atom is 0.241 e. The molecule has 0 spiro atoms. The van der Waals surface area contributed by atoms with E-state index < -0.39 is 28.3 Å². The summed E-state index contributed by atoms with van der Waals surface area (Å²) in [6.07, 6.45) is 0.554. The number of nitrogens with zero attached hydrogens (tertiary/aromatic N) is 1. The zero-order chi connectivity index (χ0) is 20.5. The molecule has 2 amide bonds. The van der Waals surface area contributed by atoms with E-state index in [1.165, 1.54) is 37.3 Å². The zero-order valence-corrected chi connectivity index (χ0v) is 16.2. The second-order valence-electron chi connectivity index (χ2n) is 6.62. The molecule has 2 aromatic rings. The van der Waals surface area contributed by atoms with E-state index in [9.17, 15) is 22.4 Å². The molecule has 0 fully saturated rings. The van der Waals surface area contributed by atoms with Crippen LogP contribution in [0.3, 0.4) is 0 Å². The fraction of sp³-hybridized carbons (Fsp3) is 0.263. The number of fused-ring (bicyclic) bond motifs is 1. The van der Waals surface area contributed by atoms with E-state index in [0.717, 1.165) is 11.6 Å². The Morgan fingerprint density at radius 1 is 1.21 bits per heavy atom. The molecule has 0 saturated heterocycles. The monoisotopic (exact) mass is 405 g/mol. The van der Waals surface area contributed by atoms with E-state index in [4.69, 9.17) is 0 Å². The van der Waals surface area contributed by atoms with Crippen molar-refractivity contribution in [1.29, 1.82) is 0 Å². The van der Waals surface area contributed by atoms with Gasteiger partial charge in [0.1, 0.15) is 5.82 Å². The number of amides is 2. The highest BCUT2D eigenvalue weighted by Crippen LogP contribution is 2.33. The summed E-state index contributed by atoms with van der Waals surface area (Å²) in [5.41, 5.74) is 1.69. The predicted molar refractivity (Wildman–Crippen MR) is 103 cm³/mol. The topological polar surface area (TPSA) is 95.6 Å². The van der Waals surface area contributed by atoms with Crippen LogP contribution in [0.2, 0.25) is 0 Å². The number of nitrogens with one attached hydrogen (secondary N) is 2. The Morgan fingerprint density at radius 2 is 1.96 bits per heavy atom. The molecule has 28 heavy (non-hydrogen) atoms. The van der Waals surface area contributed by atoms with Crippen LogP contribution >= 0.6 is 0 Å². The van der Waals surface area contributed by atoms with Crippen molar-refractivity contribution < 1.29 is 22.4 Å². The van der Waals surface area contributed by atoms with Crippen LogP contribution in [-0.4, -0.2) is 32.8 Å². The molecule has 0 aliphatic carbocycles. The summed E-state index contributed by atoms with van der Waals surface area (Å²) in [5, 5.41) is 2.42. The van der Waals surface area contributed by atoms with Crippen LogP contribution in [0.1, 0.15) is 19.4 Å². The van der Waals surface area contributed by atoms with Crippen LogP contribution in [0.5, 0.6) is 0 Å². The third kappa shape index (κ3) is 4.20. The lowest BCUT2D eigenvalue weighted by Crippen LogP contribution is -2.33. The molecule has 1 aliphatic heterocycles. The molecule has 1 aliphatic rings. The highest BCUT2D eigenvalue weighted by molar-refractivity contribution is 7.89. The maximum atomic E-state index is 13.1. The van der Waals surface area contributed by atoms with E-state index >= 15 is 0 Å². The number of anilines is 2. The normalized spacial score (nSPS) is 16.0. The minimum absolute atomic E-state index is 0.0161. The molecule has 0 bridgehead atoms. The molecule has 7 nitrogen and oxygen atoms in total. The van der Waals surface area contributed by atoms with Gasteiger partial charge in [0.25, 0.3) is 0 Å². The largest absolute Gasteiger partial charge is 0.325 e. The first-order valence-electron chi connectivity index (χ1n) is 8.65. The van der Waals surface area contributed by atoms with Gasteiger partial charge in [-0.2, -0.15) is 0 Å². The third-order valence-corrected chi connectivity index (χ3v) is 5.85. The number of carbonyl (C=O) groups excluding carboxylic acids is 2. The molecule has 1 atom stereocenters. The number of rotatable bonds is 5. The second-order valence-corrected chi connectivity index (χ2v) is 8.38. The first-order valence-corrected chi connectivity index (χ1v) is 10.1. The molecule has 2 N–H and O–H groups in total. The van der Waals surface area contributed by atoms with Gasteiger partial charge in [-0.25, -0.2) is 17.5 Å². The summed E-state index contributed by atoms with van der Waals surface area (Å²) in [7, 11) is -3.92. The van der Waals surface area contributed by atoms with Crippen LogP contribution in [0, 0.1) is 5.82 Å². The van der Waals surface area contributed by atoms with Gasteiger partial charge in [0.2, 0.25) is 21.8 Å². The van der Waals surface area contributed by atoms with E-state index in [2.05, 4.69) is 10.0 Å². The second kappa shape index (κ2) is 7.69. The SMILES string of the molecule is CC(=O)N1c2ccc(S(=O)(=O)NCC(=O)Nc3cccc(F)c3)cc2CC1C. The first-order chi connectivity index (χ1) is 13.2. The van der Waals surface area contributed by atoms with Crippen molar-refractivity contribution in [3.8, 4) is 0 Å². The molecule has 0 saturated carbocycles. The molecule has 0 aromatic heterocycles. The summed E-state index contributed by atoms with van der Waals surface area (Å²) in [4.78, 5) is 25.4. The number of hydrogen-bond donors (Lipinski definition) is 2. The molecule has 9 heteroatoms. The van der Waals surface area contributed by atoms with Gasteiger partial charge in [-0.3, -0.25) is 9.59 Å². The van der Waals surface area contributed by atoms with Crippen molar-refractivity contribution >= 4 is 33.2 Å². The summed E-state index contributed by atoms with van der Waals surface area (Å²) in [5.74, 6) is -1.23. The standard InChI is InChI=1S/C19H20FN3O4S/c1-12-8-14-9-17(6-7-18(14)23(12)13(2)24)28(26,27)21-11-19(25)22-16-5-3-4-15(20)10-16/h3-7,9-10,12,21H,8,11H2,1-2H3,(H,22,25). The van der Waals surface area contributed by atoms with Gasteiger partial charge in [0.15, 0.2) is 0 Å². The van der Waals surface area contributed by atoms with Gasteiger partial charge in [-0.05, 0) is 55.3 Å². The Bertz CT molecular complexity index is 1040. The number of sulfonamides is 1. The molecular formula is C19H20FN3O4S. The lowest BCUT2D eigenvalue weighted by Gasteiger charge is -2.20. The van der Waals surface area contributed by atoms with Gasteiger partial charge in [0.05, 0.1) is 11.4 Å². The van der Waals surface area contributed by atoms with Crippen LogP contribution in [0.15, 0.2) is 47.4 Å². The Kier molecular flexibility index (Phi) is 5.48. The van der Waals surface area contributed by atoms with E-state index in [-0.39, 0.29) is 22.5 Å². The van der Waals surface area contributed by atoms with Gasteiger partial charge in [-0.15, -0.1) is 0 Å². The van der Waals surface area contributed by atoms with Gasteiger partial charge in [0, 0.05) is 24.3 Å². The van der Waals surface area contributed by atoms with Crippen molar-refractivity contribution in [3.05, 3.63) is 53.8 Å². The average Bonchev–Trinajstić information content (AvgIpc) is 2.95. The number of carbonyl (C=O) groups is 2.